The van der Waals surface area contributed by atoms with Gasteiger partial charge in [-0.25, -0.2) is 4.39 Å². The minimum Gasteiger partial charge on any atom is -0.405 e. The number of rotatable bonds is 6. The summed E-state index contributed by atoms with van der Waals surface area (Å²) in [6.07, 6.45) is -5.09. The Morgan fingerprint density at radius 2 is 1.94 bits per heavy atom. The van der Waals surface area contributed by atoms with Gasteiger partial charge in [-0.3, -0.25) is 4.79 Å². The lowest BCUT2D eigenvalue weighted by atomic mass is 10.0. The molecule has 0 aliphatic heterocycles. The second-order valence-corrected chi connectivity index (χ2v) is 7.57. The lowest BCUT2D eigenvalue weighted by Gasteiger charge is -2.17. The van der Waals surface area contributed by atoms with Crippen LogP contribution in [0.2, 0.25) is 0 Å². The molecule has 172 valence electrons. The largest absolute Gasteiger partial charge is 0.573 e. The Labute approximate surface area is 185 Å². The number of aryl methyl sites for hydroxylation is 1. The van der Waals surface area contributed by atoms with Crippen molar-refractivity contribution < 1.29 is 31.6 Å². The molecule has 4 aromatic rings. The number of halogens is 4. The van der Waals surface area contributed by atoms with Crippen molar-refractivity contribution in [2.45, 2.75) is 26.3 Å². The monoisotopic (exact) mass is 461 g/mol. The Kier molecular flexibility index (Phi) is 5.84. The Balaban J connectivity index is 1.74. The number of likely N-dealkylation sites (N-methyl/N-ethyl adjacent to an activating group) is 1. The second-order valence-electron chi connectivity index (χ2n) is 7.57. The summed E-state index contributed by atoms with van der Waals surface area (Å²) in [5.74, 6) is -0.828. The van der Waals surface area contributed by atoms with Crippen LogP contribution in [0.4, 0.5) is 17.6 Å². The molecule has 0 saturated heterocycles. The molecule has 2 heterocycles. The van der Waals surface area contributed by atoms with Gasteiger partial charge >= 0.3 is 6.36 Å². The number of nitrogens with one attached hydrogen (secondary N) is 1. The predicted molar refractivity (Wildman–Crippen MR) is 112 cm³/mol. The lowest BCUT2D eigenvalue weighted by molar-refractivity contribution is -0.274. The van der Waals surface area contributed by atoms with Crippen molar-refractivity contribution in [3.05, 3.63) is 71.4 Å². The molecule has 1 amide bonds. The number of carbonyl (C=O) groups is 1. The van der Waals surface area contributed by atoms with Gasteiger partial charge in [0.2, 0.25) is 5.91 Å². The maximum absolute atomic E-state index is 14.0. The highest BCUT2D eigenvalue weighted by atomic mass is 19.4. The molecule has 0 unspecified atom stereocenters. The van der Waals surface area contributed by atoms with Crippen molar-refractivity contribution in [1.82, 2.24) is 15.0 Å². The molecule has 0 saturated carbocycles. The van der Waals surface area contributed by atoms with Crippen molar-refractivity contribution >= 4 is 16.8 Å². The first kappa shape index (κ1) is 22.4. The first-order chi connectivity index (χ1) is 15.6. The molecule has 2 aromatic carbocycles. The van der Waals surface area contributed by atoms with Crippen LogP contribution < -0.4 is 4.74 Å². The third kappa shape index (κ3) is 5.00. The van der Waals surface area contributed by atoms with E-state index in [9.17, 15) is 22.4 Å². The topological polar surface area (TPSA) is 71.4 Å². The zero-order chi connectivity index (χ0) is 23.8. The number of aromatic nitrogens is 2. The van der Waals surface area contributed by atoms with Crippen LogP contribution in [0.5, 0.6) is 5.75 Å². The average molecular weight is 461 g/mol. The Morgan fingerprint density at radius 3 is 2.64 bits per heavy atom. The molecule has 0 bridgehead atoms. The molecule has 6 nitrogen and oxygen atoms in total. The molecule has 0 atom stereocenters. The van der Waals surface area contributed by atoms with E-state index in [0.717, 1.165) is 0 Å². The van der Waals surface area contributed by atoms with Crippen LogP contribution in [0.3, 0.4) is 0 Å². The maximum atomic E-state index is 14.0. The van der Waals surface area contributed by atoms with E-state index < -0.39 is 17.9 Å². The smallest absolute Gasteiger partial charge is 0.405 e. The second kappa shape index (κ2) is 8.61. The van der Waals surface area contributed by atoms with E-state index in [-0.39, 0.29) is 30.1 Å². The fourth-order valence-corrected chi connectivity index (χ4v) is 3.62. The molecule has 0 fully saturated rings. The number of nitrogens with zero attached hydrogens (tertiary/aromatic N) is 2. The van der Waals surface area contributed by atoms with Gasteiger partial charge in [0.05, 0.1) is 24.4 Å². The highest BCUT2D eigenvalue weighted by Gasteiger charge is 2.33. The maximum Gasteiger partial charge on any atom is 0.573 e. The summed E-state index contributed by atoms with van der Waals surface area (Å²) in [6.45, 7) is 1.90. The van der Waals surface area contributed by atoms with E-state index in [1.54, 1.807) is 26.1 Å². The van der Waals surface area contributed by atoms with E-state index in [1.807, 2.05) is 0 Å². The van der Waals surface area contributed by atoms with Gasteiger partial charge in [-0.2, -0.15) is 0 Å². The van der Waals surface area contributed by atoms with Crippen LogP contribution >= 0.6 is 0 Å². The molecule has 33 heavy (non-hydrogen) atoms. The van der Waals surface area contributed by atoms with Crippen LogP contribution in [0.25, 0.3) is 22.2 Å². The number of hydrogen-bond acceptors (Lipinski definition) is 4. The van der Waals surface area contributed by atoms with Crippen LogP contribution in [0, 0.1) is 12.7 Å². The number of fused-ring (bicyclic) bond motifs is 1. The number of para-hydroxylation sites is 1. The Hall–Kier alpha value is -3.82. The third-order valence-electron chi connectivity index (χ3n) is 5.07. The Morgan fingerprint density at radius 1 is 1.18 bits per heavy atom. The quantitative estimate of drug-likeness (QED) is 0.392. The minimum atomic E-state index is -4.90. The van der Waals surface area contributed by atoms with Crippen molar-refractivity contribution in [2.75, 3.05) is 7.05 Å². The molecule has 0 spiro atoms. The fourth-order valence-electron chi connectivity index (χ4n) is 3.62. The zero-order valence-corrected chi connectivity index (χ0v) is 17.7. The van der Waals surface area contributed by atoms with Gasteiger partial charge in [-0.05, 0) is 42.8 Å². The van der Waals surface area contributed by atoms with Gasteiger partial charge in [0, 0.05) is 29.6 Å². The summed E-state index contributed by atoms with van der Waals surface area (Å²) in [4.78, 5) is 17.4. The normalized spacial score (nSPS) is 11.7. The van der Waals surface area contributed by atoms with Gasteiger partial charge in [0.25, 0.3) is 0 Å². The number of aromatic amines is 1. The van der Waals surface area contributed by atoms with Crippen molar-refractivity contribution in [3.63, 3.8) is 0 Å². The molecule has 1 N–H and O–H groups in total. The van der Waals surface area contributed by atoms with Crippen LogP contribution in [-0.4, -0.2) is 34.4 Å². The lowest BCUT2D eigenvalue weighted by Crippen LogP contribution is -2.27. The van der Waals surface area contributed by atoms with Crippen molar-refractivity contribution in [2.24, 2.45) is 0 Å². The summed E-state index contributed by atoms with van der Waals surface area (Å²) in [6, 6.07) is 11.2. The van der Waals surface area contributed by atoms with E-state index in [2.05, 4.69) is 14.9 Å². The summed E-state index contributed by atoms with van der Waals surface area (Å²) < 4.78 is 62.2. The number of H-pyrrole nitrogens is 1. The van der Waals surface area contributed by atoms with E-state index in [1.165, 1.54) is 41.3 Å². The number of ether oxygens (including phenoxy) is 1. The van der Waals surface area contributed by atoms with Crippen LogP contribution in [0.15, 0.2) is 53.1 Å². The van der Waals surface area contributed by atoms with Crippen molar-refractivity contribution in [3.8, 4) is 17.0 Å². The first-order valence-corrected chi connectivity index (χ1v) is 9.92. The molecule has 10 heteroatoms. The highest BCUT2D eigenvalue weighted by molar-refractivity contribution is 5.96. The average Bonchev–Trinajstić information content (AvgIpc) is 3.30. The van der Waals surface area contributed by atoms with Crippen molar-refractivity contribution in [1.29, 1.82) is 0 Å². The van der Waals surface area contributed by atoms with E-state index in [4.69, 9.17) is 4.52 Å². The van der Waals surface area contributed by atoms with Gasteiger partial charge in [0.15, 0.2) is 5.76 Å². The molecule has 0 aliphatic carbocycles. The van der Waals surface area contributed by atoms with Gasteiger partial charge < -0.3 is 19.1 Å². The molecular formula is C23H19F4N3O3. The summed E-state index contributed by atoms with van der Waals surface area (Å²) in [5, 5.41) is 4.18. The summed E-state index contributed by atoms with van der Waals surface area (Å²) >= 11 is 0. The summed E-state index contributed by atoms with van der Waals surface area (Å²) in [5.41, 5.74) is 1.84. The van der Waals surface area contributed by atoms with Crippen LogP contribution in [-0.2, 0) is 17.8 Å². The predicted octanol–water partition coefficient (Wildman–Crippen LogP) is 5.37. The number of hydrogen-bond donors (Lipinski definition) is 1. The van der Waals surface area contributed by atoms with Gasteiger partial charge in [-0.1, -0.05) is 17.3 Å². The number of amides is 1. The molecule has 2 aromatic heterocycles. The van der Waals surface area contributed by atoms with Gasteiger partial charge in [-0.15, -0.1) is 13.2 Å². The van der Waals surface area contributed by atoms with E-state index in [0.29, 0.717) is 27.9 Å². The SMILES string of the molecule is Cc1cc(CN(C)C(=O)Cc2c(-c3ccccc3OC(F)(F)F)[nH]c3ccc(F)cc23)on1. The Bertz CT molecular complexity index is 1310. The fraction of sp³-hybridized carbons (Fsp3) is 0.217. The highest BCUT2D eigenvalue weighted by Crippen LogP contribution is 2.38. The number of carbonyl (C=O) groups excluding carboxylic acids is 1. The molecular weight excluding hydrogens is 442 g/mol. The van der Waals surface area contributed by atoms with Crippen LogP contribution in [0.1, 0.15) is 17.0 Å². The van der Waals surface area contributed by atoms with E-state index >= 15 is 0 Å². The van der Waals surface area contributed by atoms with Gasteiger partial charge in [0.1, 0.15) is 11.6 Å². The number of benzene rings is 2. The molecule has 0 radical (unpaired) electrons. The minimum absolute atomic E-state index is 0.0998. The first-order valence-electron chi connectivity index (χ1n) is 9.92. The summed E-state index contributed by atoms with van der Waals surface area (Å²) in [7, 11) is 1.57. The number of alkyl halides is 3. The third-order valence-corrected chi connectivity index (χ3v) is 5.07. The zero-order valence-electron chi connectivity index (χ0n) is 17.7. The standard InChI is InChI=1S/C23H19F4N3O3/c1-13-9-15(33-29-13)12-30(2)21(31)11-18-17-10-14(24)7-8-19(17)28-22(18)16-5-3-4-6-20(16)32-23(25,26)27/h3-10,28H,11-12H2,1-2H3. The molecule has 0 aliphatic rings. The molecule has 4 rings (SSSR count).